The summed E-state index contributed by atoms with van der Waals surface area (Å²) in [5.41, 5.74) is 4.11. The molecule has 0 fully saturated rings. The van der Waals surface area contributed by atoms with Gasteiger partial charge in [-0.25, -0.2) is 0 Å². The molecular formula is C21H24ClN5OS. The number of hydrogen-bond donors (Lipinski definition) is 1. The van der Waals surface area contributed by atoms with E-state index in [1.807, 2.05) is 49.9 Å². The van der Waals surface area contributed by atoms with Crippen LogP contribution in [-0.2, 0) is 4.79 Å². The maximum Gasteiger partial charge on any atom is 0.163 e. The smallest absolute Gasteiger partial charge is 0.163 e. The van der Waals surface area contributed by atoms with E-state index in [9.17, 15) is 4.79 Å². The van der Waals surface area contributed by atoms with E-state index in [0.29, 0.717) is 10.8 Å². The normalized spacial score (nSPS) is 14.8. The van der Waals surface area contributed by atoms with Crippen LogP contribution in [0.5, 0.6) is 0 Å². The van der Waals surface area contributed by atoms with Crippen LogP contribution in [0, 0.1) is 20.8 Å². The standard InChI is InChI=1S/C19H17ClN4OS.C2H7N/c1-10-11(2)26-19-16(10)17(13-4-6-14(20)7-5-13)21-15(8-9-25)18-23-22-12(3)24(18)19;1-3-2/h4-7,9,15H,8H2,1-3H3;3H,1-2H3/t15-;/m0./s1. The number of benzene rings is 1. The Balaban J connectivity index is 0.000000755. The van der Waals surface area contributed by atoms with Crippen molar-refractivity contribution in [2.24, 2.45) is 4.99 Å². The monoisotopic (exact) mass is 429 g/mol. The van der Waals surface area contributed by atoms with Crippen LogP contribution >= 0.6 is 22.9 Å². The first-order valence-corrected chi connectivity index (χ1v) is 10.5. The van der Waals surface area contributed by atoms with Crippen molar-refractivity contribution in [2.75, 3.05) is 14.1 Å². The molecule has 0 saturated carbocycles. The average molecular weight is 430 g/mol. The van der Waals surface area contributed by atoms with Gasteiger partial charge in [0.1, 0.15) is 23.2 Å². The lowest BCUT2D eigenvalue weighted by molar-refractivity contribution is -0.108. The Morgan fingerprint density at radius 1 is 1.17 bits per heavy atom. The minimum Gasteiger partial charge on any atom is -0.323 e. The van der Waals surface area contributed by atoms with E-state index in [1.165, 1.54) is 10.4 Å². The molecule has 0 bridgehead atoms. The van der Waals surface area contributed by atoms with E-state index >= 15 is 0 Å². The molecule has 6 nitrogen and oxygen atoms in total. The van der Waals surface area contributed by atoms with Gasteiger partial charge < -0.3 is 10.1 Å². The highest BCUT2D eigenvalue weighted by molar-refractivity contribution is 7.15. The summed E-state index contributed by atoms with van der Waals surface area (Å²) in [7, 11) is 3.75. The van der Waals surface area contributed by atoms with Gasteiger partial charge in [0.15, 0.2) is 5.82 Å². The Morgan fingerprint density at radius 3 is 2.45 bits per heavy atom. The second-order valence-corrected chi connectivity index (χ2v) is 8.45. The number of nitrogens with zero attached hydrogens (tertiary/aromatic N) is 4. The van der Waals surface area contributed by atoms with Gasteiger partial charge in [-0.15, -0.1) is 21.5 Å². The summed E-state index contributed by atoms with van der Waals surface area (Å²) in [6, 6.07) is 7.29. The number of hydrogen-bond acceptors (Lipinski definition) is 6. The number of thiophene rings is 1. The number of aryl methyl sites for hydroxylation is 2. The van der Waals surface area contributed by atoms with E-state index in [4.69, 9.17) is 16.6 Å². The highest BCUT2D eigenvalue weighted by Crippen LogP contribution is 2.39. The van der Waals surface area contributed by atoms with Gasteiger partial charge in [0.05, 0.1) is 5.71 Å². The van der Waals surface area contributed by atoms with E-state index in [2.05, 4.69) is 29.4 Å². The zero-order valence-electron chi connectivity index (χ0n) is 17.2. The van der Waals surface area contributed by atoms with Gasteiger partial charge in [0.25, 0.3) is 0 Å². The second-order valence-electron chi connectivity index (χ2n) is 6.81. The number of nitrogens with one attached hydrogen (secondary N) is 1. The van der Waals surface area contributed by atoms with E-state index in [0.717, 1.165) is 34.0 Å². The number of fused-ring (bicyclic) bond motifs is 3. The fourth-order valence-corrected chi connectivity index (χ4v) is 4.58. The van der Waals surface area contributed by atoms with E-state index < -0.39 is 0 Å². The molecule has 0 radical (unpaired) electrons. The third kappa shape index (κ3) is 4.03. The zero-order valence-corrected chi connectivity index (χ0v) is 18.7. The van der Waals surface area contributed by atoms with Crippen LogP contribution in [0.25, 0.3) is 5.00 Å². The summed E-state index contributed by atoms with van der Waals surface area (Å²) >= 11 is 7.77. The van der Waals surface area contributed by atoms with Crippen molar-refractivity contribution in [2.45, 2.75) is 33.2 Å². The fraction of sp³-hybridized carbons (Fsp3) is 0.333. The third-order valence-electron chi connectivity index (χ3n) is 4.68. The molecule has 152 valence electrons. The highest BCUT2D eigenvalue weighted by Gasteiger charge is 2.30. The number of carbonyl (C=O) groups excluding carboxylic acids is 1. The molecular weight excluding hydrogens is 406 g/mol. The third-order valence-corrected chi connectivity index (χ3v) is 6.12. The van der Waals surface area contributed by atoms with Crippen molar-refractivity contribution in [3.63, 3.8) is 0 Å². The molecule has 1 aliphatic heterocycles. The number of aliphatic imine (C=N–C) groups is 1. The number of aromatic nitrogens is 3. The quantitative estimate of drug-likeness (QED) is 0.632. The number of rotatable bonds is 3. The Kier molecular flexibility index (Phi) is 6.62. The van der Waals surface area contributed by atoms with Crippen molar-refractivity contribution in [3.8, 4) is 5.00 Å². The lowest BCUT2D eigenvalue weighted by atomic mass is 10.00. The van der Waals surface area contributed by atoms with Crippen molar-refractivity contribution < 1.29 is 4.79 Å². The Labute approximate surface area is 179 Å². The summed E-state index contributed by atoms with van der Waals surface area (Å²) in [6.45, 7) is 6.14. The second kappa shape index (κ2) is 8.98. The molecule has 3 aromatic rings. The minimum absolute atomic E-state index is 0.266. The van der Waals surface area contributed by atoms with Crippen LogP contribution in [0.3, 0.4) is 0 Å². The molecule has 1 aromatic carbocycles. The van der Waals surface area contributed by atoms with Crippen molar-refractivity contribution in [1.82, 2.24) is 20.1 Å². The molecule has 8 heteroatoms. The molecule has 1 atom stereocenters. The maximum absolute atomic E-state index is 11.3. The first-order chi connectivity index (χ1) is 13.9. The summed E-state index contributed by atoms with van der Waals surface area (Å²) in [5, 5.41) is 13.1. The molecule has 0 aliphatic carbocycles. The Morgan fingerprint density at radius 2 is 1.83 bits per heavy atom. The molecule has 1 aliphatic rings. The zero-order chi connectivity index (χ0) is 21.1. The highest BCUT2D eigenvalue weighted by atomic mass is 35.5. The van der Waals surface area contributed by atoms with Crippen LogP contribution in [0.2, 0.25) is 5.02 Å². The minimum atomic E-state index is -0.362. The van der Waals surface area contributed by atoms with Crippen LogP contribution in [0.15, 0.2) is 29.3 Å². The molecule has 0 spiro atoms. The van der Waals surface area contributed by atoms with Gasteiger partial charge in [0.2, 0.25) is 0 Å². The molecule has 3 heterocycles. The Hall–Kier alpha value is -2.35. The molecule has 4 rings (SSSR count). The van der Waals surface area contributed by atoms with Gasteiger partial charge in [-0.05, 0) is 52.6 Å². The van der Waals surface area contributed by atoms with Crippen molar-refractivity contribution in [3.05, 3.63) is 62.5 Å². The van der Waals surface area contributed by atoms with Gasteiger partial charge in [-0.3, -0.25) is 9.56 Å². The number of carbonyl (C=O) groups is 1. The number of halogens is 1. The summed E-state index contributed by atoms with van der Waals surface area (Å²) in [4.78, 5) is 17.5. The fourth-order valence-electron chi connectivity index (χ4n) is 3.24. The van der Waals surface area contributed by atoms with Gasteiger partial charge in [-0.2, -0.15) is 0 Å². The molecule has 29 heavy (non-hydrogen) atoms. The first-order valence-electron chi connectivity index (χ1n) is 9.31. The average Bonchev–Trinajstić information content (AvgIpc) is 3.16. The van der Waals surface area contributed by atoms with Crippen LogP contribution in [0.1, 0.15) is 45.7 Å². The van der Waals surface area contributed by atoms with Crippen LogP contribution < -0.4 is 5.32 Å². The summed E-state index contributed by atoms with van der Waals surface area (Å²) in [6.07, 6.45) is 1.15. The van der Waals surface area contributed by atoms with Crippen molar-refractivity contribution in [1.29, 1.82) is 0 Å². The molecule has 0 amide bonds. The van der Waals surface area contributed by atoms with E-state index in [-0.39, 0.29) is 12.5 Å². The molecule has 2 aromatic heterocycles. The predicted octanol–water partition coefficient (Wildman–Crippen LogP) is 4.22. The summed E-state index contributed by atoms with van der Waals surface area (Å²) in [5.74, 6) is 1.51. The van der Waals surface area contributed by atoms with Gasteiger partial charge >= 0.3 is 0 Å². The van der Waals surface area contributed by atoms with Gasteiger partial charge in [0, 0.05) is 27.4 Å². The Bertz CT molecular complexity index is 1050. The molecule has 0 unspecified atom stereocenters. The topological polar surface area (TPSA) is 72.2 Å². The molecule has 0 saturated heterocycles. The van der Waals surface area contributed by atoms with E-state index in [1.54, 1.807) is 11.3 Å². The van der Waals surface area contributed by atoms with Crippen LogP contribution in [0.4, 0.5) is 0 Å². The first kappa shape index (κ1) is 21.4. The lowest BCUT2D eigenvalue weighted by Gasteiger charge is -2.10. The molecule has 1 N–H and O–H groups in total. The lowest BCUT2D eigenvalue weighted by Crippen LogP contribution is -2.07. The SMILES string of the molecule is CNC.Cc1sc2c(c1C)C(c1ccc(Cl)cc1)=N[C@@H](CC=O)c1nnc(C)n1-2. The number of aldehydes is 1. The summed E-state index contributed by atoms with van der Waals surface area (Å²) < 4.78 is 2.04. The van der Waals surface area contributed by atoms with Crippen molar-refractivity contribution >= 4 is 34.9 Å². The maximum atomic E-state index is 11.3. The largest absolute Gasteiger partial charge is 0.323 e. The van der Waals surface area contributed by atoms with Gasteiger partial charge in [-0.1, -0.05) is 23.7 Å². The predicted molar refractivity (Wildman–Crippen MR) is 119 cm³/mol. The van der Waals surface area contributed by atoms with Crippen LogP contribution in [-0.4, -0.2) is 40.9 Å².